The Morgan fingerprint density at radius 2 is 2.50 bits per heavy atom. The molecular formula is C4H7NO. The van der Waals surface area contributed by atoms with Crippen molar-refractivity contribution in [2.24, 2.45) is 0 Å². The molecule has 0 aromatic heterocycles. The second kappa shape index (κ2) is 2.69. The summed E-state index contributed by atoms with van der Waals surface area (Å²) in [6.07, 6.45) is 1.64. The van der Waals surface area contributed by atoms with Crippen molar-refractivity contribution in [1.29, 1.82) is 0 Å². The Morgan fingerprint density at radius 3 is 2.50 bits per heavy atom. The summed E-state index contributed by atoms with van der Waals surface area (Å²) in [5.74, 6) is 0. The van der Waals surface area contributed by atoms with Crippen molar-refractivity contribution in [3.63, 3.8) is 0 Å². The fourth-order valence-electron chi connectivity index (χ4n) is 0.0456. The fraction of sp³-hybridized carbons (Fsp3) is 0.500. The summed E-state index contributed by atoms with van der Waals surface area (Å²) in [6.45, 7) is 3.91. The molecule has 2 heteroatoms. The van der Waals surface area contributed by atoms with Crippen LogP contribution < -0.4 is 0 Å². The number of hydrogen-bond donors (Lipinski definition) is 0. The van der Waals surface area contributed by atoms with Gasteiger partial charge in [0.05, 0.1) is 0 Å². The first-order chi connectivity index (χ1) is 2.81. The molecule has 6 heavy (non-hydrogen) atoms. The van der Waals surface area contributed by atoms with Gasteiger partial charge in [0.15, 0.2) is 0 Å². The molecule has 34 valence electrons. The molecule has 0 saturated heterocycles. The van der Waals surface area contributed by atoms with Gasteiger partial charge in [0.2, 0.25) is 0 Å². The molecule has 0 aromatic carbocycles. The predicted molar refractivity (Wildman–Crippen MR) is 23.7 cm³/mol. The van der Waals surface area contributed by atoms with E-state index in [4.69, 9.17) is 0 Å². The van der Waals surface area contributed by atoms with Crippen molar-refractivity contribution in [2.75, 3.05) is 13.6 Å². The van der Waals surface area contributed by atoms with Crippen LogP contribution in [0.15, 0.2) is 0 Å². The summed E-state index contributed by atoms with van der Waals surface area (Å²) in [5.41, 5.74) is 0. The fourth-order valence-corrected chi connectivity index (χ4v) is 0.0456. The van der Waals surface area contributed by atoms with E-state index in [-0.39, 0.29) is 0 Å². The lowest BCUT2D eigenvalue weighted by molar-refractivity contribution is 0.460. The molecule has 0 aliphatic rings. The minimum atomic E-state index is 0.490. The minimum absolute atomic E-state index is 0.490. The number of rotatable bonds is 2. The highest BCUT2D eigenvalue weighted by Crippen LogP contribution is 1.65. The van der Waals surface area contributed by atoms with Crippen molar-refractivity contribution < 1.29 is 4.79 Å². The molecule has 0 N–H and O–H groups in total. The molecule has 0 heterocycles. The van der Waals surface area contributed by atoms with E-state index in [0.29, 0.717) is 6.54 Å². The molecule has 0 unspecified atom stereocenters. The van der Waals surface area contributed by atoms with Gasteiger partial charge in [-0.25, -0.2) is 0 Å². The molecule has 0 aromatic rings. The molecule has 0 saturated carbocycles. The van der Waals surface area contributed by atoms with Gasteiger partial charge in [-0.15, -0.1) is 0 Å². The maximum atomic E-state index is 9.50. The third kappa shape index (κ3) is 1.76. The summed E-state index contributed by atoms with van der Waals surface area (Å²) in [4.78, 5) is 10.8. The monoisotopic (exact) mass is 85.1 g/mol. The Labute approximate surface area is 37.8 Å². The molecule has 0 aliphatic heterocycles. The Hall–Kier alpha value is -0.530. The zero-order valence-electron chi connectivity index (χ0n) is 3.77. The number of nitrogens with zero attached hydrogens (tertiary/aromatic N) is 1. The van der Waals surface area contributed by atoms with Crippen LogP contribution in [0.2, 0.25) is 0 Å². The van der Waals surface area contributed by atoms with Crippen LogP contribution in [0.3, 0.4) is 0 Å². The topological polar surface area (TPSA) is 20.3 Å². The molecule has 1 amide bonds. The number of amides is 1. The molecule has 0 fully saturated rings. The van der Waals surface area contributed by atoms with Crippen molar-refractivity contribution in [1.82, 2.24) is 4.90 Å². The highest BCUT2D eigenvalue weighted by atomic mass is 16.1. The van der Waals surface area contributed by atoms with Gasteiger partial charge in [-0.2, -0.15) is 0 Å². The van der Waals surface area contributed by atoms with Crippen LogP contribution in [0, 0.1) is 6.92 Å². The first-order valence-electron chi connectivity index (χ1n) is 1.69. The Kier molecular flexibility index (Phi) is 2.46. The van der Waals surface area contributed by atoms with Crippen LogP contribution in [0.1, 0.15) is 0 Å². The largest absolute Gasteiger partial charge is 0.338 e. The zero-order valence-corrected chi connectivity index (χ0v) is 3.77. The van der Waals surface area contributed by atoms with E-state index in [1.807, 2.05) is 0 Å². The Bertz CT molecular complexity index is 44.8. The molecule has 0 atom stereocenters. The second-order valence-corrected chi connectivity index (χ2v) is 1.01. The Balaban J connectivity index is 2.96. The van der Waals surface area contributed by atoms with Crippen molar-refractivity contribution in [3.8, 4) is 0 Å². The lowest BCUT2D eigenvalue weighted by Crippen LogP contribution is -2.13. The SMILES string of the molecule is [CH2]CN(C)[C]=O. The average molecular weight is 85.1 g/mol. The van der Waals surface area contributed by atoms with Crippen LogP contribution >= 0.6 is 0 Å². The quantitative estimate of drug-likeness (QED) is 0.426. The summed E-state index contributed by atoms with van der Waals surface area (Å²) < 4.78 is 0. The molecule has 2 radical (unpaired) electrons. The van der Waals surface area contributed by atoms with Crippen LogP contribution in [0.5, 0.6) is 0 Å². The van der Waals surface area contributed by atoms with Crippen LogP contribution in [0.4, 0.5) is 0 Å². The maximum Gasteiger partial charge on any atom is 0.311 e. The van der Waals surface area contributed by atoms with Gasteiger partial charge in [0.1, 0.15) is 0 Å². The molecule has 0 aliphatic carbocycles. The van der Waals surface area contributed by atoms with Crippen molar-refractivity contribution >= 4 is 6.41 Å². The molecular weight excluding hydrogens is 78.0 g/mol. The van der Waals surface area contributed by atoms with Crippen molar-refractivity contribution in [2.45, 2.75) is 0 Å². The smallest absolute Gasteiger partial charge is 0.311 e. The van der Waals surface area contributed by atoms with E-state index in [1.54, 1.807) is 13.5 Å². The third-order valence-corrected chi connectivity index (χ3v) is 0.491. The first-order valence-corrected chi connectivity index (χ1v) is 1.69. The van der Waals surface area contributed by atoms with Gasteiger partial charge in [-0.05, 0) is 6.92 Å². The van der Waals surface area contributed by atoms with Gasteiger partial charge < -0.3 is 4.90 Å². The Morgan fingerprint density at radius 1 is 2.00 bits per heavy atom. The average Bonchev–Trinajstić information content (AvgIpc) is 1.65. The second-order valence-electron chi connectivity index (χ2n) is 1.01. The number of hydrogen-bond acceptors (Lipinski definition) is 1. The molecule has 0 spiro atoms. The third-order valence-electron chi connectivity index (χ3n) is 0.491. The first kappa shape index (κ1) is 5.47. The van der Waals surface area contributed by atoms with E-state index in [9.17, 15) is 4.79 Å². The zero-order chi connectivity index (χ0) is 4.99. The van der Waals surface area contributed by atoms with E-state index < -0.39 is 0 Å². The molecule has 2 nitrogen and oxygen atoms in total. The molecule has 0 rings (SSSR count). The lowest BCUT2D eigenvalue weighted by atomic mass is 10.7. The van der Waals surface area contributed by atoms with Gasteiger partial charge in [-0.1, -0.05) is 0 Å². The summed E-state index contributed by atoms with van der Waals surface area (Å²) >= 11 is 0. The number of carbonyl (C=O) groups excluding carboxylic acids is 1. The lowest BCUT2D eigenvalue weighted by Gasteiger charge is -1.99. The van der Waals surface area contributed by atoms with E-state index >= 15 is 0 Å². The van der Waals surface area contributed by atoms with Crippen molar-refractivity contribution in [3.05, 3.63) is 6.92 Å². The van der Waals surface area contributed by atoms with Crippen LogP contribution in [-0.2, 0) is 4.79 Å². The van der Waals surface area contributed by atoms with Gasteiger partial charge >= 0.3 is 6.41 Å². The molecule has 0 bridgehead atoms. The van der Waals surface area contributed by atoms with E-state index in [0.717, 1.165) is 0 Å². The highest BCUT2D eigenvalue weighted by Gasteiger charge is 1.81. The maximum absolute atomic E-state index is 9.50. The van der Waals surface area contributed by atoms with Crippen LogP contribution in [0.25, 0.3) is 0 Å². The summed E-state index contributed by atoms with van der Waals surface area (Å²) in [6, 6.07) is 0. The van der Waals surface area contributed by atoms with E-state index in [2.05, 4.69) is 6.92 Å². The predicted octanol–water partition coefficient (Wildman–Crippen LogP) is -0.181. The summed E-state index contributed by atoms with van der Waals surface area (Å²) in [7, 11) is 1.62. The van der Waals surface area contributed by atoms with Gasteiger partial charge in [-0.3, -0.25) is 4.79 Å². The minimum Gasteiger partial charge on any atom is -0.338 e. The van der Waals surface area contributed by atoms with E-state index in [1.165, 1.54) is 4.90 Å². The van der Waals surface area contributed by atoms with Crippen LogP contribution in [-0.4, -0.2) is 24.9 Å². The van der Waals surface area contributed by atoms with Gasteiger partial charge in [0, 0.05) is 13.6 Å². The van der Waals surface area contributed by atoms with Gasteiger partial charge in [0.25, 0.3) is 0 Å². The summed E-state index contributed by atoms with van der Waals surface area (Å²) in [5, 5.41) is 0. The highest BCUT2D eigenvalue weighted by molar-refractivity contribution is 5.47. The normalized spacial score (nSPS) is 7.67. The standard InChI is InChI=1S/C4H7NO/c1-3-5(2)4-6/h1,3H2,2H3.